The summed E-state index contributed by atoms with van der Waals surface area (Å²) >= 11 is 6.42. The fourth-order valence-corrected chi connectivity index (χ4v) is 6.99. The Balaban J connectivity index is 1.34. The minimum Gasteiger partial charge on any atom is -0.598 e. The standard InChI is InChI=1S/C25H31ClN8OS2/c1-24(2,3)37(35)33-17-13-15-5-4-9-29-20(15)25(17)7-11-34(12-8-25)18-14-31-23(22(28)32-18)36-16-6-10-30-21(27)19(16)26/h4-6,9-10,14,17,33H,7-8,11-13H2,1-3H3,(H2,27,30)(H2,28,32)/t17-,37+/m1/s1. The van der Waals surface area contributed by atoms with Gasteiger partial charge in [0.25, 0.3) is 0 Å². The van der Waals surface area contributed by atoms with Crippen molar-refractivity contribution in [3.8, 4) is 0 Å². The number of piperidine rings is 1. The van der Waals surface area contributed by atoms with E-state index in [-0.39, 0.29) is 22.0 Å². The highest BCUT2D eigenvalue weighted by Crippen LogP contribution is 2.46. The lowest BCUT2D eigenvalue weighted by atomic mass is 9.73. The van der Waals surface area contributed by atoms with Crippen molar-refractivity contribution in [1.29, 1.82) is 0 Å². The molecule has 0 saturated carbocycles. The highest BCUT2D eigenvalue weighted by atomic mass is 35.5. The number of rotatable bonds is 5. The van der Waals surface area contributed by atoms with Crippen molar-refractivity contribution in [3.63, 3.8) is 0 Å². The number of halogens is 1. The molecule has 4 heterocycles. The van der Waals surface area contributed by atoms with E-state index in [0.717, 1.165) is 48.8 Å². The second-order valence-corrected chi connectivity index (χ2v) is 13.8. The fourth-order valence-electron chi connectivity index (χ4n) is 5.05. The number of hydrogen-bond acceptors (Lipinski definition) is 10. The van der Waals surface area contributed by atoms with Gasteiger partial charge in [0.2, 0.25) is 0 Å². The monoisotopic (exact) mass is 558 g/mol. The van der Waals surface area contributed by atoms with Gasteiger partial charge in [-0.1, -0.05) is 29.4 Å². The Kier molecular flexibility index (Phi) is 7.18. The van der Waals surface area contributed by atoms with Crippen LogP contribution < -0.4 is 21.1 Å². The number of nitrogens with zero attached hydrogens (tertiary/aromatic N) is 5. The number of pyridine rings is 2. The zero-order chi connectivity index (χ0) is 26.4. The number of nitrogens with two attached hydrogens (primary N) is 2. The van der Waals surface area contributed by atoms with Crippen LogP contribution in [0.1, 0.15) is 44.9 Å². The first-order valence-electron chi connectivity index (χ1n) is 12.2. The number of aromatic nitrogens is 4. The maximum Gasteiger partial charge on any atom is 0.158 e. The first kappa shape index (κ1) is 26.3. The number of fused-ring (bicyclic) bond motifs is 2. The van der Waals surface area contributed by atoms with Crippen LogP contribution in [0.2, 0.25) is 5.02 Å². The molecule has 1 saturated heterocycles. The lowest BCUT2D eigenvalue weighted by Crippen LogP contribution is -2.56. The summed E-state index contributed by atoms with van der Waals surface area (Å²) in [5, 5.41) is 0.938. The summed E-state index contributed by atoms with van der Waals surface area (Å²) in [6.45, 7) is 7.52. The van der Waals surface area contributed by atoms with Gasteiger partial charge in [-0.05, 0) is 57.7 Å². The smallest absolute Gasteiger partial charge is 0.158 e. The molecular weight excluding hydrogens is 528 g/mol. The van der Waals surface area contributed by atoms with Crippen molar-refractivity contribution in [3.05, 3.63) is 53.1 Å². The average molecular weight is 559 g/mol. The molecule has 1 fully saturated rings. The Morgan fingerprint density at radius 1 is 1.14 bits per heavy atom. The highest BCUT2D eigenvalue weighted by molar-refractivity contribution is 7.99. The maximum atomic E-state index is 13.0. The maximum absolute atomic E-state index is 13.0. The third-order valence-electron chi connectivity index (χ3n) is 7.08. The van der Waals surface area contributed by atoms with Crippen molar-refractivity contribution < 1.29 is 4.55 Å². The molecule has 0 aromatic carbocycles. The zero-order valence-electron chi connectivity index (χ0n) is 21.1. The van der Waals surface area contributed by atoms with Gasteiger partial charge in [0.05, 0.1) is 23.0 Å². The molecule has 0 bridgehead atoms. The Hall–Kier alpha value is -2.31. The van der Waals surface area contributed by atoms with Crippen LogP contribution in [-0.2, 0) is 23.2 Å². The molecule has 9 nitrogen and oxygen atoms in total. The molecule has 1 aliphatic carbocycles. The van der Waals surface area contributed by atoms with E-state index in [0.29, 0.717) is 15.9 Å². The molecule has 3 aromatic heterocycles. The summed E-state index contributed by atoms with van der Waals surface area (Å²) in [6.07, 6.45) is 7.76. The van der Waals surface area contributed by atoms with E-state index in [1.54, 1.807) is 18.5 Å². The van der Waals surface area contributed by atoms with Gasteiger partial charge in [0.15, 0.2) is 5.82 Å². The van der Waals surface area contributed by atoms with Crippen molar-refractivity contribution >= 4 is 52.2 Å². The van der Waals surface area contributed by atoms with Gasteiger partial charge in [0, 0.05) is 47.2 Å². The van der Waals surface area contributed by atoms with Crippen LogP contribution in [0.4, 0.5) is 17.5 Å². The molecule has 1 aliphatic heterocycles. The molecule has 5 N–H and O–H groups in total. The van der Waals surface area contributed by atoms with Gasteiger partial charge in [-0.25, -0.2) is 15.0 Å². The molecule has 5 rings (SSSR count). The fraction of sp³-hybridized carbons (Fsp3) is 0.440. The topological polar surface area (TPSA) is 142 Å². The molecule has 3 aromatic rings. The Morgan fingerprint density at radius 3 is 2.59 bits per heavy atom. The van der Waals surface area contributed by atoms with Crippen LogP contribution in [0, 0.1) is 0 Å². The van der Waals surface area contributed by atoms with Crippen LogP contribution in [0.15, 0.2) is 46.7 Å². The third-order valence-corrected chi connectivity index (χ3v) is 10.3. The average Bonchev–Trinajstić information content (AvgIpc) is 3.15. The van der Waals surface area contributed by atoms with Crippen molar-refractivity contribution in [2.75, 3.05) is 29.5 Å². The Bertz CT molecular complexity index is 1300. The van der Waals surface area contributed by atoms with Crippen LogP contribution in [0.5, 0.6) is 0 Å². The van der Waals surface area contributed by atoms with Gasteiger partial charge in [-0.15, -0.1) is 4.72 Å². The molecule has 1 spiro atoms. The summed E-state index contributed by atoms with van der Waals surface area (Å²) in [5.74, 6) is 1.33. The molecule has 2 atom stereocenters. The molecule has 37 heavy (non-hydrogen) atoms. The first-order chi connectivity index (χ1) is 17.6. The minimum atomic E-state index is -1.17. The largest absolute Gasteiger partial charge is 0.598 e. The number of anilines is 3. The summed E-state index contributed by atoms with van der Waals surface area (Å²) in [7, 11) is 0. The lowest BCUT2D eigenvalue weighted by molar-refractivity contribution is 0.270. The van der Waals surface area contributed by atoms with E-state index in [1.165, 1.54) is 17.3 Å². The Labute approximate surface area is 229 Å². The molecule has 2 aliphatic rings. The number of nitrogen functional groups attached to an aromatic ring is 2. The second-order valence-electron chi connectivity index (χ2n) is 10.4. The first-order valence-corrected chi connectivity index (χ1v) is 14.5. The van der Waals surface area contributed by atoms with Crippen LogP contribution in [0.3, 0.4) is 0 Å². The molecule has 196 valence electrons. The van der Waals surface area contributed by atoms with Crippen LogP contribution in [0.25, 0.3) is 0 Å². The third kappa shape index (κ3) is 5.07. The van der Waals surface area contributed by atoms with Gasteiger partial charge >= 0.3 is 0 Å². The van der Waals surface area contributed by atoms with Gasteiger partial charge in [-0.2, -0.15) is 0 Å². The number of hydrogen-bond donors (Lipinski definition) is 3. The summed E-state index contributed by atoms with van der Waals surface area (Å²) in [4.78, 5) is 20.9. The zero-order valence-corrected chi connectivity index (χ0v) is 23.5. The molecule has 0 unspecified atom stereocenters. The SMILES string of the molecule is CC(C)(C)[S@+]([O-])N[C@@H]1Cc2cccnc2C12CCN(c1cnc(Sc3ccnc(N)c3Cl)c(N)n1)CC2. The Morgan fingerprint density at radius 2 is 1.89 bits per heavy atom. The highest BCUT2D eigenvalue weighted by Gasteiger charge is 2.52. The van der Waals surface area contributed by atoms with Crippen molar-refractivity contribution in [2.45, 2.75) is 66.2 Å². The van der Waals surface area contributed by atoms with Crippen LogP contribution >= 0.6 is 23.4 Å². The van der Waals surface area contributed by atoms with Crippen molar-refractivity contribution in [2.24, 2.45) is 0 Å². The summed E-state index contributed by atoms with van der Waals surface area (Å²) in [6, 6.07) is 5.96. The predicted octanol–water partition coefficient (Wildman–Crippen LogP) is 3.75. The summed E-state index contributed by atoms with van der Waals surface area (Å²) < 4.78 is 16.2. The van der Waals surface area contributed by atoms with Crippen molar-refractivity contribution in [1.82, 2.24) is 24.7 Å². The summed E-state index contributed by atoms with van der Waals surface area (Å²) in [5.41, 5.74) is 14.3. The van der Waals surface area contributed by atoms with Gasteiger partial charge in [-0.3, -0.25) is 4.98 Å². The van der Waals surface area contributed by atoms with E-state index in [1.807, 2.05) is 33.0 Å². The predicted molar refractivity (Wildman–Crippen MR) is 150 cm³/mol. The molecular formula is C25H31ClN8OS2. The second kappa shape index (κ2) is 10.1. The van der Waals surface area contributed by atoms with Gasteiger partial charge in [0.1, 0.15) is 21.4 Å². The normalized spacial score (nSPS) is 19.7. The molecule has 12 heteroatoms. The lowest BCUT2D eigenvalue weighted by Gasteiger charge is -2.43. The van der Waals surface area contributed by atoms with E-state index in [2.05, 4.69) is 30.6 Å². The van der Waals surface area contributed by atoms with E-state index in [4.69, 9.17) is 28.1 Å². The van der Waals surface area contributed by atoms with Crippen LogP contribution in [-0.4, -0.2) is 48.4 Å². The van der Waals surface area contributed by atoms with E-state index in [9.17, 15) is 4.55 Å². The quantitative estimate of drug-likeness (QED) is 0.396. The minimum absolute atomic E-state index is 0.0621. The van der Waals surface area contributed by atoms with Gasteiger partial charge < -0.3 is 20.9 Å². The number of nitrogens with one attached hydrogen (secondary N) is 1. The molecule has 0 amide bonds. The van der Waals surface area contributed by atoms with E-state index < -0.39 is 11.4 Å². The van der Waals surface area contributed by atoms with E-state index >= 15 is 0 Å². The molecule has 0 radical (unpaired) electrons.